The largest absolute Gasteiger partial charge is 0.393 e. The Labute approximate surface area is 209 Å². The van der Waals surface area contributed by atoms with Crippen molar-refractivity contribution < 1.29 is 15.0 Å². The summed E-state index contributed by atoms with van der Waals surface area (Å²) in [4.78, 5) is 14.1. The molecule has 190 valence electrons. The number of rotatable bonds is 5. The number of thiophene rings is 1. The summed E-state index contributed by atoms with van der Waals surface area (Å²) >= 11 is 1.70. The van der Waals surface area contributed by atoms with Gasteiger partial charge in [-0.2, -0.15) is 0 Å². The second-order valence-electron chi connectivity index (χ2n) is 12.9. The van der Waals surface area contributed by atoms with Gasteiger partial charge >= 0.3 is 0 Å². The van der Waals surface area contributed by atoms with Crippen LogP contribution < -0.4 is 5.32 Å². The fourth-order valence-electron chi connectivity index (χ4n) is 9.52. The molecular weight excluding hydrogens is 442 g/mol. The molecule has 34 heavy (non-hydrogen) atoms. The lowest BCUT2D eigenvalue weighted by Crippen LogP contribution is -2.58. The molecular formula is C29H45NO3S. The van der Waals surface area contributed by atoms with Crippen LogP contribution in [0.3, 0.4) is 0 Å². The lowest BCUT2D eigenvalue weighted by atomic mass is 9.43. The van der Waals surface area contributed by atoms with Crippen molar-refractivity contribution in [1.82, 2.24) is 5.32 Å². The van der Waals surface area contributed by atoms with Gasteiger partial charge in [-0.3, -0.25) is 4.79 Å². The molecule has 4 nitrogen and oxygen atoms in total. The molecule has 4 aliphatic rings. The summed E-state index contributed by atoms with van der Waals surface area (Å²) in [5.41, 5.74) is 0.491. The molecule has 1 aromatic heterocycles. The van der Waals surface area contributed by atoms with Crippen molar-refractivity contribution in [1.29, 1.82) is 0 Å². The normalized spacial score (nSPS) is 45.5. The number of hydrogen-bond donors (Lipinski definition) is 3. The minimum atomic E-state index is -0.234. The highest BCUT2D eigenvalue weighted by Gasteiger charge is 2.62. The van der Waals surface area contributed by atoms with E-state index in [1.165, 1.54) is 30.6 Å². The van der Waals surface area contributed by atoms with Gasteiger partial charge in [-0.05, 0) is 116 Å². The Kier molecular flexibility index (Phi) is 6.70. The van der Waals surface area contributed by atoms with Gasteiger partial charge in [0.25, 0.3) is 0 Å². The fourth-order valence-corrected chi connectivity index (χ4v) is 10.3. The molecule has 0 aromatic carbocycles. The Hall–Kier alpha value is -0.910. The molecule has 6 unspecified atom stereocenters. The highest BCUT2D eigenvalue weighted by molar-refractivity contribution is 7.10. The second kappa shape index (κ2) is 9.19. The van der Waals surface area contributed by atoms with Crippen LogP contribution in [0, 0.1) is 46.3 Å². The van der Waals surface area contributed by atoms with Gasteiger partial charge in [0.15, 0.2) is 0 Å². The van der Waals surface area contributed by atoms with Crippen molar-refractivity contribution in [2.45, 2.75) is 104 Å². The molecule has 4 fully saturated rings. The summed E-state index contributed by atoms with van der Waals surface area (Å²) in [7, 11) is 0. The van der Waals surface area contributed by atoms with Crippen molar-refractivity contribution in [3.05, 3.63) is 22.4 Å². The van der Waals surface area contributed by atoms with Gasteiger partial charge in [0.2, 0.25) is 5.91 Å². The average molecular weight is 488 g/mol. The van der Waals surface area contributed by atoms with Gasteiger partial charge in [-0.1, -0.05) is 26.8 Å². The van der Waals surface area contributed by atoms with Crippen LogP contribution in [-0.2, 0) is 4.79 Å². The topological polar surface area (TPSA) is 69.6 Å². The van der Waals surface area contributed by atoms with Gasteiger partial charge in [-0.15, -0.1) is 11.3 Å². The summed E-state index contributed by atoms with van der Waals surface area (Å²) in [6, 6.07) is 4.20. The van der Waals surface area contributed by atoms with Crippen LogP contribution in [0.2, 0.25) is 0 Å². The molecule has 4 aliphatic carbocycles. The van der Waals surface area contributed by atoms with Crippen molar-refractivity contribution in [2.75, 3.05) is 0 Å². The zero-order chi connectivity index (χ0) is 24.3. The van der Waals surface area contributed by atoms with Crippen molar-refractivity contribution in [3.8, 4) is 0 Å². The van der Waals surface area contributed by atoms with E-state index in [9.17, 15) is 15.0 Å². The highest BCUT2D eigenvalue weighted by atomic mass is 32.1. The standard InChI is InChI=1S/C29H45NO3S/c1-17(14-26(33)30-18(2)25-6-5-13-34-25)21-7-8-22-27-23(10-12-29(21,22)4)28(3)11-9-20(31)15-19(28)16-24(27)32/h5-6,13,17-24,27,31-32H,7-12,14-16H2,1-4H3,(H,30,33)/t17-,18?,19?,20-,21?,22+,23+,24-,27?,28?,29?/m1/s1. The number of amides is 1. The third-order valence-electron chi connectivity index (χ3n) is 11.3. The highest BCUT2D eigenvalue weighted by Crippen LogP contribution is 2.68. The van der Waals surface area contributed by atoms with Gasteiger partial charge in [0.05, 0.1) is 18.2 Å². The Morgan fingerprint density at radius 3 is 2.56 bits per heavy atom. The average Bonchev–Trinajstić information content (AvgIpc) is 3.42. The van der Waals surface area contributed by atoms with E-state index in [-0.39, 0.29) is 35.0 Å². The van der Waals surface area contributed by atoms with Gasteiger partial charge < -0.3 is 15.5 Å². The third kappa shape index (κ3) is 4.08. The number of nitrogens with one attached hydrogen (secondary N) is 1. The predicted molar refractivity (Wildman–Crippen MR) is 137 cm³/mol. The molecule has 3 N–H and O–H groups in total. The fraction of sp³-hybridized carbons (Fsp3) is 0.828. The van der Waals surface area contributed by atoms with Gasteiger partial charge in [0.1, 0.15) is 0 Å². The van der Waals surface area contributed by atoms with E-state index in [2.05, 4.69) is 44.5 Å². The summed E-state index contributed by atoms with van der Waals surface area (Å²) in [6.07, 6.45) is 8.75. The Morgan fingerprint density at radius 1 is 1.09 bits per heavy atom. The van der Waals surface area contributed by atoms with E-state index in [1.54, 1.807) is 11.3 Å². The number of aliphatic hydroxyl groups excluding tert-OH is 2. The molecule has 11 atom stereocenters. The Bertz CT molecular complexity index is 873. The first-order chi connectivity index (χ1) is 16.1. The first kappa shape index (κ1) is 24.8. The maximum Gasteiger partial charge on any atom is 0.220 e. The van der Waals surface area contributed by atoms with Crippen LogP contribution in [0.1, 0.15) is 96.4 Å². The molecule has 1 amide bonds. The van der Waals surface area contributed by atoms with Crippen LogP contribution in [0.5, 0.6) is 0 Å². The lowest BCUT2D eigenvalue weighted by Gasteiger charge is -2.62. The minimum Gasteiger partial charge on any atom is -0.393 e. The van der Waals surface area contributed by atoms with Crippen LogP contribution in [-0.4, -0.2) is 28.3 Å². The van der Waals surface area contributed by atoms with E-state index in [0.717, 1.165) is 25.7 Å². The molecule has 1 heterocycles. The van der Waals surface area contributed by atoms with E-state index in [4.69, 9.17) is 0 Å². The predicted octanol–water partition coefficient (Wildman–Crippen LogP) is 5.94. The van der Waals surface area contributed by atoms with E-state index < -0.39 is 0 Å². The van der Waals surface area contributed by atoms with Crippen molar-refractivity contribution >= 4 is 17.2 Å². The number of fused-ring (bicyclic) bond motifs is 5. The number of aliphatic hydroxyl groups is 2. The SMILES string of the molecule is CC(NC(=O)C[C@@H](C)C1CC[C@H]2C3[C@H](O)CC4C[C@H](O)CCC4(C)[C@H]3CCC12C)c1cccs1. The molecule has 0 bridgehead atoms. The molecule has 0 aliphatic heterocycles. The summed E-state index contributed by atoms with van der Waals surface area (Å²) < 4.78 is 0. The number of hydrogen-bond acceptors (Lipinski definition) is 4. The monoisotopic (exact) mass is 487 g/mol. The van der Waals surface area contributed by atoms with E-state index in [0.29, 0.717) is 41.9 Å². The third-order valence-corrected chi connectivity index (χ3v) is 12.3. The second-order valence-corrected chi connectivity index (χ2v) is 13.9. The Balaban J connectivity index is 1.28. The summed E-state index contributed by atoms with van der Waals surface area (Å²) in [5.74, 6) is 3.07. The van der Waals surface area contributed by atoms with Crippen molar-refractivity contribution in [2.24, 2.45) is 46.3 Å². The molecule has 4 saturated carbocycles. The minimum absolute atomic E-state index is 0.0714. The van der Waals surface area contributed by atoms with E-state index >= 15 is 0 Å². The molecule has 5 rings (SSSR count). The molecule has 0 spiro atoms. The zero-order valence-electron chi connectivity index (χ0n) is 21.5. The van der Waals surface area contributed by atoms with Crippen LogP contribution in [0.4, 0.5) is 0 Å². The van der Waals surface area contributed by atoms with Gasteiger partial charge in [-0.25, -0.2) is 0 Å². The number of carbonyl (C=O) groups is 1. The molecule has 1 aromatic rings. The van der Waals surface area contributed by atoms with Crippen molar-refractivity contribution in [3.63, 3.8) is 0 Å². The lowest BCUT2D eigenvalue weighted by molar-refractivity contribution is -0.174. The maximum absolute atomic E-state index is 12.9. The van der Waals surface area contributed by atoms with Gasteiger partial charge in [0, 0.05) is 11.3 Å². The summed E-state index contributed by atoms with van der Waals surface area (Å²) in [6.45, 7) is 9.33. The smallest absolute Gasteiger partial charge is 0.220 e. The van der Waals surface area contributed by atoms with E-state index in [1.807, 2.05) is 6.07 Å². The molecule has 0 saturated heterocycles. The maximum atomic E-state index is 12.9. The van der Waals surface area contributed by atoms with Crippen LogP contribution in [0.25, 0.3) is 0 Å². The van der Waals surface area contributed by atoms with Crippen LogP contribution in [0.15, 0.2) is 17.5 Å². The quantitative estimate of drug-likeness (QED) is 0.481. The molecule has 0 radical (unpaired) electrons. The first-order valence-corrected chi connectivity index (χ1v) is 14.7. The zero-order valence-corrected chi connectivity index (χ0v) is 22.3. The molecule has 5 heteroatoms. The summed E-state index contributed by atoms with van der Waals surface area (Å²) in [5, 5.41) is 27.0. The van der Waals surface area contributed by atoms with Crippen LogP contribution >= 0.6 is 11.3 Å². The Morgan fingerprint density at radius 2 is 1.82 bits per heavy atom. The first-order valence-electron chi connectivity index (χ1n) is 13.8. The number of carbonyl (C=O) groups excluding carboxylic acids is 1.